The molecular formula is C16H11BrN2S. The van der Waals surface area contributed by atoms with E-state index in [2.05, 4.69) is 38.0 Å². The number of aliphatic imine (C=N–C) groups is 1. The summed E-state index contributed by atoms with van der Waals surface area (Å²) in [7, 11) is 0. The van der Waals surface area contributed by atoms with E-state index in [9.17, 15) is 0 Å². The molecule has 2 aromatic carbocycles. The van der Waals surface area contributed by atoms with Crippen LogP contribution >= 0.6 is 27.3 Å². The normalized spacial score (nSPS) is 11.1. The molecule has 2 nitrogen and oxygen atoms in total. The second-order valence-electron chi connectivity index (χ2n) is 4.19. The standard InChI is InChI=1S/C16H11BrN2S/c17-14-8-6-12(7-9-14)10-18-16-19-15(11-20-16)13-4-2-1-3-5-13/h1-11H/b18-10-. The van der Waals surface area contributed by atoms with E-state index in [0.717, 1.165) is 26.4 Å². The molecule has 3 aromatic rings. The molecule has 4 heteroatoms. The lowest BCUT2D eigenvalue weighted by Crippen LogP contribution is -1.79. The Morgan fingerprint density at radius 3 is 2.50 bits per heavy atom. The van der Waals surface area contributed by atoms with Gasteiger partial charge in [-0.1, -0.05) is 58.4 Å². The van der Waals surface area contributed by atoms with Gasteiger partial charge < -0.3 is 0 Å². The number of benzene rings is 2. The van der Waals surface area contributed by atoms with Crippen molar-refractivity contribution in [1.82, 2.24) is 4.98 Å². The van der Waals surface area contributed by atoms with Gasteiger partial charge in [-0.05, 0) is 17.7 Å². The largest absolute Gasteiger partial charge is 0.227 e. The predicted molar refractivity (Wildman–Crippen MR) is 88.9 cm³/mol. The van der Waals surface area contributed by atoms with Gasteiger partial charge in [-0.2, -0.15) is 0 Å². The van der Waals surface area contributed by atoms with Gasteiger partial charge >= 0.3 is 0 Å². The highest BCUT2D eigenvalue weighted by Gasteiger charge is 2.02. The average molecular weight is 343 g/mol. The van der Waals surface area contributed by atoms with E-state index in [1.807, 2.05) is 54.1 Å². The SMILES string of the molecule is Brc1ccc(/C=N\c2nc(-c3ccccc3)cs2)cc1. The summed E-state index contributed by atoms with van der Waals surface area (Å²) in [5.41, 5.74) is 3.15. The van der Waals surface area contributed by atoms with Crippen LogP contribution in [0.2, 0.25) is 0 Å². The van der Waals surface area contributed by atoms with Crippen molar-refractivity contribution in [3.63, 3.8) is 0 Å². The Morgan fingerprint density at radius 1 is 1.00 bits per heavy atom. The molecule has 0 aliphatic carbocycles. The molecule has 0 spiro atoms. The number of thiazole rings is 1. The van der Waals surface area contributed by atoms with Gasteiger partial charge in [0.15, 0.2) is 0 Å². The number of hydrogen-bond acceptors (Lipinski definition) is 3. The molecule has 0 unspecified atom stereocenters. The third-order valence-electron chi connectivity index (χ3n) is 2.76. The fourth-order valence-corrected chi connectivity index (χ4v) is 2.68. The van der Waals surface area contributed by atoms with Crippen LogP contribution < -0.4 is 0 Å². The zero-order valence-electron chi connectivity index (χ0n) is 10.5. The Balaban J connectivity index is 1.79. The highest BCUT2D eigenvalue weighted by atomic mass is 79.9. The van der Waals surface area contributed by atoms with Crippen molar-refractivity contribution >= 4 is 38.6 Å². The van der Waals surface area contributed by atoms with E-state index in [1.165, 1.54) is 0 Å². The summed E-state index contributed by atoms with van der Waals surface area (Å²) in [6.07, 6.45) is 1.83. The van der Waals surface area contributed by atoms with Crippen molar-refractivity contribution in [3.8, 4) is 11.3 Å². The van der Waals surface area contributed by atoms with Crippen molar-refractivity contribution in [2.45, 2.75) is 0 Å². The molecule has 0 fully saturated rings. The molecule has 20 heavy (non-hydrogen) atoms. The number of halogens is 1. The van der Waals surface area contributed by atoms with Crippen molar-refractivity contribution in [1.29, 1.82) is 0 Å². The maximum absolute atomic E-state index is 4.52. The summed E-state index contributed by atoms with van der Waals surface area (Å²) >= 11 is 4.96. The van der Waals surface area contributed by atoms with Crippen LogP contribution in [-0.4, -0.2) is 11.2 Å². The van der Waals surface area contributed by atoms with Gasteiger partial charge in [-0.3, -0.25) is 0 Å². The maximum Gasteiger partial charge on any atom is 0.209 e. The summed E-state index contributed by atoms with van der Waals surface area (Å²) in [6.45, 7) is 0. The monoisotopic (exact) mass is 342 g/mol. The van der Waals surface area contributed by atoms with E-state index >= 15 is 0 Å². The molecule has 3 rings (SSSR count). The van der Waals surface area contributed by atoms with Crippen LogP contribution in [-0.2, 0) is 0 Å². The first-order valence-electron chi connectivity index (χ1n) is 6.12. The van der Waals surface area contributed by atoms with Gasteiger partial charge in [0.25, 0.3) is 0 Å². The quantitative estimate of drug-likeness (QED) is 0.591. The molecular weight excluding hydrogens is 332 g/mol. The summed E-state index contributed by atoms with van der Waals surface area (Å²) in [5.74, 6) is 0. The van der Waals surface area contributed by atoms with Crippen LogP contribution in [0.25, 0.3) is 11.3 Å². The van der Waals surface area contributed by atoms with Crippen molar-refractivity contribution in [2.75, 3.05) is 0 Å². The van der Waals surface area contributed by atoms with Gasteiger partial charge in [0, 0.05) is 21.6 Å². The summed E-state index contributed by atoms with van der Waals surface area (Å²) in [4.78, 5) is 8.94. The van der Waals surface area contributed by atoms with Crippen LogP contribution in [0.3, 0.4) is 0 Å². The van der Waals surface area contributed by atoms with Crippen LogP contribution in [0.15, 0.2) is 69.4 Å². The molecule has 1 heterocycles. The smallest absolute Gasteiger partial charge is 0.209 e. The van der Waals surface area contributed by atoms with Crippen molar-refractivity contribution < 1.29 is 0 Å². The molecule has 0 atom stereocenters. The highest BCUT2D eigenvalue weighted by molar-refractivity contribution is 9.10. The van der Waals surface area contributed by atoms with E-state index in [-0.39, 0.29) is 0 Å². The second kappa shape index (κ2) is 6.11. The molecule has 0 radical (unpaired) electrons. The lowest BCUT2D eigenvalue weighted by atomic mass is 10.2. The average Bonchev–Trinajstić information content (AvgIpc) is 2.97. The van der Waals surface area contributed by atoms with Gasteiger partial charge in [-0.15, -0.1) is 11.3 Å². The Labute approximate surface area is 130 Å². The van der Waals surface area contributed by atoms with E-state index in [0.29, 0.717) is 0 Å². The minimum absolute atomic E-state index is 0.770. The zero-order chi connectivity index (χ0) is 13.8. The molecule has 0 saturated carbocycles. The number of rotatable bonds is 3. The fourth-order valence-electron chi connectivity index (χ4n) is 1.74. The summed E-state index contributed by atoms with van der Waals surface area (Å²) < 4.78 is 1.07. The molecule has 0 amide bonds. The molecule has 0 saturated heterocycles. The third-order valence-corrected chi connectivity index (χ3v) is 4.03. The molecule has 0 aliphatic heterocycles. The number of nitrogens with zero attached hydrogens (tertiary/aromatic N) is 2. The molecule has 0 bridgehead atoms. The predicted octanol–water partition coefficient (Wildman–Crippen LogP) is 5.32. The van der Waals surface area contributed by atoms with Gasteiger partial charge in [-0.25, -0.2) is 9.98 Å². The zero-order valence-corrected chi connectivity index (χ0v) is 12.9. The molecule has 98 valence electrons. The van der Waals surface area contributed by atoms with Crippen LogP contribution in [0.1, 0.15) is 5.56 Å². The second-order valence-corrected chi connectivity index (χ2v) is 5.94. The van der Waals surface area contributed by atoms with Crippen molar-refractivity contribution in [3.05, 3.63) is 70.0 Å². The lowest BCUT2D eigenvalue weighted by molar-refractivity contribution is 1.36. The fraction of sp³-hybridized carbons (Fsp3) is 0. The molecule has 0 aliphatic rings. The van der Waals surface area contributed by atoms with Crippen LogP contribution in [0, 0.1) is 0 Å². The maximum atomic E-state index is 4.52. The van der Waals surface area contributed by atoms with Gasteiger partial charge in [0.05, 0.1) is 5.69 Å². The van der Waals surface area contributed by atoms with E-state index in [1.54, 1.807) is 11.3 Å². The lowest BCUT2D eigenvalue weighted by Gasteiger charge is -1.93. The minimum Gasteiger partial charge on any atom is -0.227 e. The Morgan fingerprint density at radius 2 is 1.75 bits per heavy atom. The summed E-state index contributed by atoms with van der Waals surface area (Å²) in [6, 6.07) is 18.2. The van der Waals surface area contributed by atoms with Crippen LogP contribution in [0.5, 0.6) is 0 Å². The van der Waals surface area contributed by atoms with Gasteiger partial charge in [0.2, 0.25) is 5.13 Å². The van der Waals surface area contributed by atoms with E-state index in [4.69, 9.17) is 0 Å². The van der Waals surface area contributed by atoms with Crippen LogP contribution in [0.4, 0.5) is 5.13 Å². The number of aromatic nitrogens is 1. The highest BCUT2D eigenvalue weighted by Crippen LogP contribution is 2.26. The first-order valence-corrected chi connectivity index (χ1v) is 7.79. The van der Waals surface area contributed by atoms with Gasteiger partial charge in [0.1, 0.15) is 0 Å². The molecule has 0 N–H and O–H groups in total. The Bertz CT molecular complexity index is 718. The third kappa shape index (κ3) is 3.21. The first kappa shape index (κ1) is 13.2. The minimum atomic E-state index is 0.770. The summed E-state index contributed by atoms with van der Waals surface area (Å²) in [5, 5.41) is 2.80. The molecule has 1 aromatic heterocycles. The Kier molecular flexibility index (Phi) is 4.04. The topological polar surface area (TPSA) is 25.2 Å². The van der Waals surface area contributed by atoms with E-state index < -0.39 is 0 Å². The Hall–Kier alpha value is -1.78. The van der Waals surface area contributed by atoms with Crippen molar-refractivity contribution in [2.24, 2.45) is 4.99 Å². The number of hydrogen-bond donors (Lipinski definition) is 0. The first-order chi connectivity index (χ1) is 9.81.